The number of thiazole rings is 1. The summed E-state index contributed by atoms with van der Waals surface area (Å²) in [7, 11) is 1.33. The molecule has 1 aromatic heterocycles. The highest BCUT2D eigenvalue weighted by Gasteiger charge is 2.58. The van der Waals surface area contributed by atoms with Gasteiger partial charge in [0, 0.05) is 31.3 Å². The van der Waals surface area contributed by atoms with Gasteiger partial charge < -0.3 is 9.64 Å². The summed E-state index contributed by atoms with van der Waals surface area (Å²) in [6.07, 6.45) is 1.65. The van der Waals surface area contributed by atoms with E-state index in [1.165, 1.54) is 23.5 Å². The highest BCUT2D eigenvalue weighted by atomic mass is 32.1. The largest absolute Gasteiger partial charge is 0.469 e. The molecule has 4 rings (SSSR count). The summed E-state index contributed by atoms with van der Waals surface area (Å²) in [4.78, 5) is 50.0. The Balaban J connectivity index is 1.46. The van der Waals surface area contributed by atoms with E-state index in [1.807, 2.05) is 30.3 Å². The fourth-order valence-corrected chi connectivity index (χ4v) is 5.49. The van der Waals surface area contributed by atoms with E-state index < -0.39 is 17.4 Å². The van der Waals surface area contributed by atoms with Crippen LogP contribution in [0.5, 0.6) is 0 Å². The van der Waals surface area contributed by atoms with Crippen molar-refractivity contribution < 1.29 is 24.0 Å². The van der Waals surface area contributed by atoms with Gasteiger partial charge in [-0.15, -0.1) is 11.3 Å². The molecule has 9 heteroatoms. The number of piperidine rings is 1. The Bertz CT molecular complexity index is 985. The number of methoxy groups -OCH3 is 1. The fourth-order valence-electron chi connectivity index (χ4n) is 4.68. The van der Waals surface area contributed by atoms with E-state index in [0.717, 1.165) is 10.6 Å². The third-order valence-corrected chi connectivity index (χ3v) is 7.14. The van der Waals surface area contributed by atoms with Gasteiger partial charge in [0.05, 0.1) is 30.2 Å². The molecule has 1 aromatic carbocycles. The maximum absolute atomic E-state index is 13.1. The molecule has 0 saturated carbocycles. The highest BCUT2D eigenvalue weighted by molar-refractivity contribution is 7.09. The van der Waals surface area contributed by atoms with Crippen molar-refractivity contribution in [2.24, 2.45) is 5.92 Å². The molecule has 2 aliphatic rings. The van der Waals surface area contributed by atoms with Crippen molar-refractivity contribution in [3.8, 4) is 0 Å². The third-order valence-electron chi connectivity index (χ3n) is 6.29. The van der Waals surface area contributed by atoms with Gasteiger partial charge in [-0.2, -0.15) is 0 Å². The normalized spacial score (nSPS) is 20.1. The third kappa shape index (κ3) is 4.14. The second-order valence-corrected chi connectivity index (χ2v) is 9.01. The number of rotatable bonds is 6. The highest BCUT2D eigenvalue weighted by Crippen LogP contribution is 2.44. The van der Waals surface area contributed by atoms with Crippen molar-refractivity contribution in [1.82, 2.24) is 14.9 Å². The predicted molar refractivity (Wildman–Crippen MR) is 118 cm³/mol. The molecule has 1 spiro atoms. The van der Waals surface area contributed by atoms with Crippen LogP contribution < -0.4 is 0 Å². The number of hydrogen-bond donors (Lipinski definition) is 0. The summed E-state index contributed by atoms with van der Waals surface area (Å²) in [5.41, 5.74) is 0.805. The van der Waals surface area contributed by atoms with Crippen LogP contribution in [0.1, 0.15) is 47.2 Å². The first-order chi connectivity index (χ1) is 15.5. The number of benzene rings is 1. The van der Waals surface area contributed by atoms with Crippen molar-refractivity contribution in [1.29, 1.82) is 0 Å². The van der Waals surface area contributed by atoms with Crippen LogP contribution in [0.2, 0.25) is 0 Å². The lowest BCUT2D eigenvalue weighted by atomic mass is 9.77. The first kappa shape index (κ1) is 22.4. The van der Waals surface area contributed by atoms with E-state index in [-0.39, 0.29) is 18.2 Å². The lowest BCUT2D eigenvalue weighted by Gasteiger charge is -2.45. The molecule has 0 N–H and O–H groups in total. The van der Waals surface area contributed by atoms with Crippen LogP contribution in [0.25, 0.3) is 0 Å². The summed E-state index contributed by atoms with van der Waals surface area (Å²) in [6.45, 7) is 2.96. The lowest BCUT2D eigenvalue weighted by Crippen LogP contribution is -2.58. The molecule has 2 aliphatic heterocycles. The van der Waals surface area contributed by atoms with Crippen molar-refractivity contribution in [2.45, 2.75) is 38.1 Å². The Kier molecular flexibility index (Phi) is 6.57. The molecule has 2 aromatic rings. The van der Waals surface area contributed by atoms with Gasteiger partial charge in [-0.3, -0.25) is 19.2 Å². The summed E-state index contributed by atoms with van der Waals surface area (Å²) in [6, 6.07) is 10.0. The minimum Gasteiger partial charge on any atom is -0.469 e. The minimum absolute atomic E-state index is 0.0650. The van der Waals surface area contributed by atoms with Gasteiger partial charge in [-0.1, -0.05) is 30.3 Å². The molecule has 8 nitrogen and oxygen atoms in total. The first-order valence-corrected chi connectivity index (χ1v) is 11.7. The molecular formula is C23H27N3O5S. The summed E-state index contributed by atoms with van der Waals surface area (Å²) < 4.78 is 4.97. The second-order valence-electron chi connectivity index (χ2n) is 8.07. The van der Waals surface area contributed by atoms with Crippen LogP contribution in [-0.4, -0.2) is 65.1 Å². The van der Waals surface area contributed by atoms with Crippen molar-refractivity contribution in [3.05, 3.63) is 52.0 Å². The number of esters is 1. The van der Waals surface area contributed by atoms with Crippen molar-refractivity contribution in [3.63, 3.8) is 0 Å². The molecule has 0 aliphatic carbocycles. The summed E-state index contributed by atoms with van der Waals surface area (Å²) in [5, 5.41) is 4.06. The van der Waals surface area contributed by atoms with Crippen LogP contribution in [0, 0.1) is 5.92 Å². The standard InChI is InChI=1S/C23H27N3O5S/c1-3-31-26-20(27)14-17(22(29)30-2)23(26)9-11-25(12-10-23)21(28)18-15-32-19(24-18)13-16-7-5-4-6-8-16/h4-8,15,17H,3,9-14H2,1-2H3/t17-/m1/s1. The second kappa shape index (κ2) is 9.38. The number of amides is 2. The van der Waals surface area contributed by atoms with E-state index in [0.29, 0.717) is 44.7 Å². The number of likely N-dealkylation sites (tertiary alicyclic amines) is 1. The van der Waals surface area contributed by atoms with Gasteiger partial charge in [0.15, 0.2) is 0 Å². The molecule has 2 fully saturated rings. The lowest BCUT2D eigenvalue weighted by molar-refractivity contribution is -0.220. The maximum atomic E-state index is 13.1. The molecule has 32 heavy (non-hydrogen) atoms. The average Bonchev–Trinajstić information content (AvgIpc) is 3.38. The zero-order valence-corrected chi connectivity index (χ0v) is 19.1. The summed E-state index contributed by atoms with van der Waals surface area (Å²) >= 11 is 1.48. The number of hydroxylamine groups is 2. The zero-order chi connectivity index (χ0) is 22.7. The van der Waals surface area contributed by atoms with Crippen molar-refractivity contribution >= 4 is 29.1 Å². The molecular weight excluding hydrogens is 430 g/mol. The van der Waals surface area contributed by atoms with E-state index in [4.69, 9.17) is 9.57 Å². The molecule has 0 bridgehead atoms. The predicted octanol–water partition coefficient (Wildman–Crippen LogP) is 2.68. The quantitative estimate of drug-likeness (QED) is 0.620. The van der Waals surface area contributed by atoms with E-state index in [2.05, 4.69) is 4.98 Å². The Hall–Kier alpha value is -2.78. The Labute approximate surface area is 191 Å². The van der Waals surface area contributed by atoms with Crippen LogP contribution >= 0.6 is 11.3 Å². The number of hydrogen-bond acceptors (Lipinski definition) is 7. The number of aromatic nitrogens is 1. The van der Waals surface area contributed by atoms with Crippen LogP contribution in [0.4, 0.5) is 0 Å². The van der Waals surface area contributed by atoms with Crippen LogP contribution in [0.15, 0.2) is 35.7 Å². The zero-order valence-electron chi connectivity index (χ0n) is 18.3. The monoisotopic (exact) mass is 457 g/mol. The maximum Gasteiger partial charge on any atom is 0.311 e. The average molecular weight is 458 g/mol. The molecule has 0 unspecified atom stereocenters. The Morgan fingerprint density at radius 3 is 2.59 bits per heavy atom. The fraction of sp³-hybridized carbons (Fsp3) is 0.478. The molecule has 0 radical (unpaired) electrons. The van der Waals surface area contributed by atoms with Gasteiger partial charge >= 0.3 is 5.97 Å². The van der Waals surface area contributed by atoms with Gasteiger partial charge in [-0.25, -0.2) is 10.0 Å². The molecule has 1 atom stereocenters. The number of ether oxygens (including phenoxy) is 1. The van der Waals surface area contributed by atoms with Gasteiger partial charge in [0.25, 0.3) is 5.91 Å². The number of nitrogens with zero attached hydrogens (tertiary/aromatic N) is 3. The minimum atomic E-state index is -0.780. The van der Waals surface area contributed by atoms with Crippen LogP contribution in [0.3, 0.4) is 0 Å². The molecule has 2 saturated heterocycles. The summed E-state index contributed by atoms with van der Waals surface area (Å²) in [5.74, 6) is -1.35. The topological polar surface area (TPSA) is 89.0 Å². The smallest absolute Gasteiger partial charge is 0.311 e. The van der Waals surface area contributed by atoms with Crippen molar-refractivity contribution in [2.75, 3.05) is 26.8 Å². The van der Waals surface area contributed by atoms with Gasteiger partial charge in [-0.05, 0) is 25.3 Å². The van der Waals surface area contributed by atoms with Crippen LogP contribution in [-0.2, 0) is 25.6 Å². The Morgan fingerprint density at radius 1 is 1.22 bits per heavy atom. The van der Waals surface area contributed by atoms with Gasteiger partial charge in [0.1, 0.15) is 5.69 Å². The van der Waals surface area contributed by atoms with E-state index in [9.17, 15) is 14.4 Å². The molecule has 170 valence electrons. The first-order valence-electron chi connectivity index (χ1n) is 10.8. The molecule has 3 heterocycles. The van der Waals surface area contributed by atoms with E-state index >= 15 is 0 Å². The van der Waals surface area contributed by atoms with Gasteiger partial charge in [0.2, 0.25) is 5.91 Å². The number of carbonyl (C=O) groups excluding carboxylic acids is 3. The number of carbonyl (C=O) groups is 3. The molecule has 2 amide bonds. The SMILES string of the molecule is CCON1C(=O)C[C@H](C(=O)OC)C12CCN(C(=O)c1csc(Cc3ccccc3)n1)CC2. The van der Waals surface area contributed by atoms with E-state index in [1.54, 1.807) is 17.2 Å². The Morgan fingerprint density at radius 2 is 1.94 bits per heavy atom.